The fourth-order valence-electron chi connectivity index (χ4n) is 3.19. The van der Waals surface area contributed by atoms with Gasteiger partial charge in [-0.1, -0.05) is 23.2 Å². The fraction of sp³-hybridized carbons (Fsp3) is 0.150. The molecule has 0 spiro atoms. The highest BCUT2D eigenvalue weighted by Crippen LogP contribution is 2.28. The number of halogens is 2. The number of rotatable bonds is 5. The maximum atomic E-state index is 12.2. The van der Waals surface area contributed by atoms with Crippen LogP contribution in [0, 0.1) is 13.8 Å². The van der Waals surface area contributed by atoms with Crippen molar-refractivity contribution in [1.29, 1.82) is 0 Å². The third kappa shape index (κ3) is 4.07. The lowest BCUT2D eigenvalue weighted by Gasteiger charge is -2.12. The van der Waals surface area contributed by atoms with E-state index >= 15 is 0 Å². The van der Waals surface area contributed by atoms with Gasteiger partial charge in [-0.3, -0.25) is 9.20 Å². The molecule has 0 saturated heterocycles. The van der Waals surface area contributed by atoms with E-state index in [0.717, 1.165) is 27.6 Å². The van der Waals surface area contributed by atoms with Gasteiger partial charge in [0.1, 0.15) is 0 Å². The second-order valence-corrected chi connectivity index (χ2v) is 8.27. The lowest BCUT2D eigenvalue weighted by Crippen LogP contribution is -2.20. The van der Waals surface area contributed by atoms with Crippen LogP contribution in [0.25, 0.3) is 10.6 Å². The summed E-state index contributed by atoms with van der Waals surface area (Å²) in [6.07, 6.45) is 5.55. The van der Waals surface area contributed by atoms with E-state index in [1.165, 1.54) is 11.3 Å². The van der Waals surface area contributed by atoms with Crippen LogP contribution >= 0.6 is 34.5 Å². The van der Waals surface area contributed by atoms with Gasteiger partial charge in [0.15, 0.2) is 4.96 Å². The van der Waals surface area contributed by atoms with Gasteiger partial charge in [0, 0.05) is 39.7 Å². The van der Waals surface area contributed by atoms with E-state index in [-0.39, 0.29) is 12.3 Å². The molecule has 1 amide bonds. The molecule has 0 saturated carbocycles. The number of imidazole rings is 1. The first-order valence-electron chi connectivity index (χ1n) is 8.79. The Morgan fingerprint density at radius 1 is 1.31 bits per heavy atom. The molecule has 1 aromatic carbocycles. The molecule has 0 aliphatic carbocycles. The average Bonchev–Trinajstić information content (AvgIpc) is 3.32. The second kappa shape index (κ2) is 8.02. The van der Waals surface area contributed by atoms with Gasteiger partial charge in [-0.05, 0) is 38.1 Å². The second-order valence-electron chi connectivity index (χ2n) is 6.55. The van der Waals surface area contributed by atoms with Crippen molar-refractivity contribution < 1.29 is 4.79 Å². The summed E-state index contributed by atoms with van der Waals surface area (Å²) in [4.78, 5) is 17.4. The van der Waals surface area contributed by atoms with Gasteiger partial charge in [-0.15, -0.1) is 11.3 Å². The number of amides is 1. The zero-order chi connectivity index (χ0) is 20.5. The van der Waals surface area contributed by atoms with Gasteiger partial charge >= 0.3 is 0 Å². The van der Waals surface area contributed by atoms with Gasteiger partial charge in [-0.2, -0.15) is 5.10 Å². The van der Waals surface area contributed by atoms with Gasteiger partial charge in [0.25, 0.3) is 0 Å². The molecule has 0 aliphatic heterocycles. The van der Waals surface area contributed by atoms with Gasteiger partial charge < -0.3 is 4.57 Å². The molecule has 0 unspecified atom stereocenters. The smallest absolute Gasteiger partial charge is 0.246 e. The van der Waals surface area contributed by atoms with E-state index in [4.69, 9.17) is 23.2 Å². The van der Waals surface area contributed by atoms with Crippen LogP contribution in [-0.4, -0.2) is 26.1 Å². The standard InChI is InChI=1S/C20H17Cl2N5OS/c1-12-7-14(13(2)27(12)18-8-15(21)3-4-17(18)22)10-23-25-19(28)9-16-11-26-5-6-29-20(26)24-16/h3-8,10-11H,9H2,1-2H3,(H,25,28)/b23-10-. The molecule has 6 nitrogen and oxygen atoms in total. The number of carbonyl (C=O) groups excluding carboxylic acids is 1. The fourth-order valence-corrected chi connectivity index (χ4v) is 4.27. The van der Waals surface area contributed by atoms with E-state index in [1.54, 1.807) is 18.3 Å². The monoisotopic (exact) mass is 445 g/mol. The molecule has 0 aliphatic rings. The molecular weight excluding hydrogens is 429 g/mol. The molecule has 9 heteroatoms. The van der Waals surface area contributed by atoms with Crippen molar-refractivity contribution in [2.75, 3.05) is 0 Å². The third-order valence-electron chi connectivity index (χ3n) is 4.50. The Balaban J connectivity index is 1.48. The highest BCUT2D eigenvalue weighted by Gasteiger charge is 2.13. The molecule has 4 aromatic rings. The highest BCUT2D eigenvalue weighted by molar-refractivity contribution is 7.15. The first-order valence-corrected chi connectivity index (χ1v) is 10.4. The summed E-state index contributed by atoms with van der Waals surface area (Å²) in [6, 6.07) is 7.32. The number of nitrogens with zero attached hydrogens (tertiary/aromatic N) is 4. The van der Waals surface area contributed by atoms with Crippen molar-refractivity contribution in [3.05, 3.63) is 74.7 Å². The van der Waals surface area contributed by atoms with E-state index in [1.807, 2.05) is 52.7 Å². The predicted octanol–water partition coefficient (Wildman–Crippen LogP) is 4.80. The SMILES string of the molecule is Cc1cc(/C=N\NC(=O)Cc2cn3ccsc3n2)c(C)n1-c1cc(Cl)ccc1Cl. The number of hydrogen-bond donors (Lipinski definition) is 1. The zero-order valence-electron chi connectivity index (χ0n) is 15.7. The average molecular weight is 446 g/mol. The number of benzene rings is 1. The van der Waals surface area contributed by atoms with Crippen LogP contribution < -0.4 is 5.43 Å². The number of hydrazone groups is 1. The topological polar surface area (TPSA) is 63.7 Å². The Kier molecular flexibility index (Phi) is 5.45. The Morgan fingerprint density at radius 3 is 2.93 bits per heavy atom. The number of thiazole rings is 1. The van der Waals surface area contributed by atoms with Crippen molar-refractivity contribution in [3.8, 4) is 5.69 Å². The number of aryl methyl sites for hydroxylation is 1. The molecule has 1 N–H and O–H groups in total. The Bertz CT molecular complexity index is 1210. The maximum Gasteiger partial charge on any atom is 0.246 e. The normalized spacial score (nSPS) is 11.6. The quantitative estimate of drug-likeness (QED) is 0.354. The molecular formula is C20H17Cl2N5OS. The van der Waals surface area contributed by atoms with Crippen LogP contribution in [0.4, 0.5) is 0 Å². The molecule has 0 atom stereocenters. The number of fused-ring (bicyclic) bond motifs is 1. The summed E-state index contributed by atoms with van der Waals surface area (Å²) in [7, 11) is 0. The molecule has 3 heterocycles. The molecule has 148 valence electrons. The summed E-state index contributed by atoms with van der Waals surface area (Å²) in [5.41, 5.74) is 6.87. The number of carbonyl (C=O) groups is 1. The minimum atomic E-state index is -0.223. The van der Waals surface area contributed by atoms with Crippen molar-refractivity contribution >= 4 is 51.6 Å². The third-order valence-corrected chi connectivity index (χ3v) is 5.82. The van der Waals surface area contributed by atoms with Crippen molar-refractivity contribution in [2.24, 2.45) is 5.10 Å². The van der Waals surface area contributed by atoms with Crippen LogP contribution in [0.1, 0.15) is 22.6 Å². The Labute approximate surface area is 181 Å². The van der Waals surface area contributed by atoms with Crippen LogP contribution in [0.2, 0.25) is 10.0 Å². The van der Waals surface area contributed by atoms with Gasteiger partial charge in [0.05, 0.1) is 29.0 Å². The van der Waals surface area contributed by atoms with E-state index < -0.39 is 0 Å². The highest BCUT2D eigenvalue weighted by atomic mass is 35.5. The molecule has 0 radical (unpaired) electrons. The number of nitrogens with one attached hydrogen (secondary N) is 1. The van der Waals surface area contributed by atoms with Gasteiger partial charge in [-0.25, -0.2) is 10.4 Å². The minimum absolute atomic E-state index is 0.170. The predicted molar refractivity (Wildman–Crippen MR) is 118 cm³/mol. The molecule has 29 heavy (non-hydrogen) atoms. The van der Waals surface area contributed by atoms with Crippen molar-refractivity contribution in [3.63, 3.8) is 0 Å². The van der Waals surface area contributed by atoms with Crippen molar-refractivity contribution in [2.45, 2.75) is 20.3 Å². The molecule has 4 rings (SSSR count). The van der Waals surface area contributed by atoms with E-state index in [9.17, 15) is 4.79 Å². The lowest BCUT2D eigenvalue weighted by atomic mass is 10.2. The van der Waals surface area contributed by atoms with Gasteiger partial charge in [0.2, 0.25) is 5.91 Å². The minimum Gasteiger partial charge on any atom is -0.316 e. The Hall–Kier alpha value is -2.61. The van der Waals surface area contributed by atoms with E-state index in [0.29, 0.717) is 15.7 Å². The molecule has 0 bridgehead atoms. The Morgan fingerprint density at radius 2 is 2.14 bits per heavy atom. The largest absolute Gasteiger partial charge is 0.316 e. The summed E-state index contributed by atoms with van der Waals surface area (Å²) in [6.45, 7) is 3.94. The zero-order valence-corrected chi connectivity index (χ0v) is 18.0. The first kappa shape index (κ1) is 19.7. The first-order chi connectivity index (χ1) is 13.9. The summed E-state index contributed by atoms with van der Waals surface area (Å²) >= 11 is 14.0. The lowest BCUT2D eigenvalue weighted by molar-refractivity contribution is -0.120. The van der Waals surface area contributed by atoms with Crippen LogP contribution in [0.15, 0.2) is 47.1 Å². The molecule has 0 fully saturated rings. The summed E-state index contributed by atoms with van der Waals surface area (Å²) in [5, 5.41) is 7.26. The maximum absolute atomic E-state index is 12.2. The number of hydrogen-bond acceptors (Lipinski definition) is 4. The van der Waals surface area contributed by atoms with E-state index in [2.05, 4.69) is 15.5 Å². The summed E-state index contributed by atoms with van der Waals surface area (Å²) < 4.78 is 3.90. The van der Waals surface area contributed by atoms with Crippen LogP contribution in [0.3, 0.4) is 0 Å². The molecule has 3 aromatic heterocycles. The number of aromatic nitrogens is 3. The van der Waals surface area contributed by atoms with Crippen LogP contribution in [0.5, 0.6) is 0 Å². The van der Waals surface area contributed by atoms with Crippen LogP contribution in [-0.2, 0) is 11.2 Å². The van der Waals surface area contributed by atoms with Crippen molar-refractivity contribution in [1.82, 2.24) is 19.4 Å². The summed E-state index contributed by atoms with van der Waals surface area (Å²) in [5.74, 6) is -0.223.